The highest BCUT2D eigenvalue weighted by Crippen LogP contribution is 2.32. The summed E-state index contributed by atoms with van der Waals surface area (Å²) < 4.78 is 5.15. The third-order valence-electron chi connectivity index (χ3n) is 2.02. The van der Waals surface area contributed by atoms with Gasteiger partial charge in [-0.15, -0.1) is 0 Å². The van der Waals surface area contributed by atoms with Crippen LogP contribution in [0, 0.1) is 5.92 Å². The molecule has 0 aromatic carbocycles. The van der Waals surface area contributed by atoms with E-state index in [-0.39, 0.29) is 12.2 Å². The first-order valence-electron chi connectivity index (χ1n) is 3.93. The maximum atomic E-state index is 8.84. The number of ether oxygens (including phenoxy) is 1. The van der Waals surface area contributed by atoms with Crippen LogP contribution < -0.4 is 0 Å². The van der Waals surface area contributed by atoms with Crippen LogP contribution in [0.25, 0.3) is 0 Å². The lowest BCUT2D eigenvalue weighted by Crippen LogP contribution is -2.17. The Morgan fingerprint density at radius 2 is 2.20 bits per heavy atom. The zero-order valence-electron chi connectivity index (χ0n) is 6.76. The lowest BCUT2D eigenvalue weighted by Gasteiger charge is -2.09. The topological polar surface area (TPSA) is 32.8 Å². The van der Waals surface area contributed by atoms with Gasteiger partial charge in [-0.3, -0.25) is 0 Å². The Balaban J connectivity index is 2.13. The van der Waals surface area contributed by atoms with Crippen LogP contribution in [0.1, 0.15) is 26.7 Å². The molecule has 1 atom stereocenters. The lowest BCUT2D eigenvalue weighted by atomic mass is 9.99. The van der Waals surface area contributed by atoms with Gasteiger partial charge in [-0.05, 0) is 18.8 Å². The van der Waals surface area contributed by atoms with E-state index in [1.54, 1.807) is 0 Å². The van der Waals surface area contributed by atoms with Crippen molar-refractivity contribution in [3.05, 3.63) is 0 Å². The smallest absolute Gasteiger partial charge is 0.115 e. The average molecular weight is 144 g/mol. The Morgan fingerprint density at radius 3 is 2.50 bits per heavy atom. The fraction of sp³-hybridized carbons (Fsp3) is 1.00. The molecule has 2 nitrogen and oxygen atoms in total. The maximum Gasteiger partial charge on any atom is 0.115 e. The molecule has 0 radical (unpaired) electrons. The maximum absolute atomic E-state index is 8.84. The van der Waals surface area contributed by atoms with Crippen molar-refractivity contribution in [2.75, 3.05) is 13.2 Å². The molecule has 0 amide bonds. The number of aliphatic hydroxyl groups is 1. The van der Waals surface area contributed by atoms with Crippen LogP contribution in [0.2, 0.25) is 0 Å². The molecule has 1 unspecified atom stereocenters. The van der Waals surface area contributed by atoms with E-state index in [0.717, 1.165) is 19.4 Å². The van der Waals surface area contributed by atoms with E-state index in [0.29, 0.717) is 5.92 Å². The SMILES string of the molecule is CC(C)CCC1(CO)CO1. The normalized spacial score (nSPS) is 31.2. The molecule has 1 saturated heterocycles. The molecule has 1 fully saturated rings. The summed E-state index contributed by atoms with van der Waals surface area (Å²) in [6.45, 7) is 5.33. The molecule has 10 heavy (non-hydrogen) atoms. The monoisotopic (exact) mass is 144 g/mol. The third-order valence-corrected chi connectivity index (χ3v) is 2.02. The van der Waals surface area contributed by atoms with Gasteiger partial charge in [0.2, 0.25) is 0 Å². The minimum absolute atomic E-state index is 0.121. The summed E-state index contributed by atoms with van der Waals surface area (Å²) in [5.74, 6) is 0.715. The summed E-state index contributed by atoms with van der Waals surface area (Å²) >= 11 is 0. The van der Waals surface area contributed by atoms with Gasteiger partial charge in [0.05, 0.1) is 13.2 Å². The van der Waals surface area contributed by atoms with Crippen molar-refractivity contribution < 1.29 is 9.84 Å². The van der Waals surface area contributed by atoms with Crippen molar-refractivity contribution >= 4 is 0 Å². The molecular formula is C8H16O2. The zero-order valence-corrected chi connectivity index (χ0v) is 6.76. The van der Waals surface area contributed by atoms with E-state index in [2.05, 4.69) is 13.8 Å². The van der Waals surface area contributed by atoms with Gasteiger partial charge in [0.15, 0.2) is 0 Å². The molecule has 1 rings (SSSR count). The van der Waals surface area contributed by atoms with E-state index in [4.69, 9.17) is 9.84 Å². The third kappa shape index (κ3) is 1.96. The number of hydrogen-bond acceptors (Lipinski definition) is 2. The number of aliphatic hydroxyl groups excluding tert-OH is 1. The summed E-state index contributed by atoms with van der Waals surface area (Å²) in [4.78, 5) is 0. The molecule has 0 bridgehead atoms. The minimum Gasteiger partial charge on any atom is -0.393 e. The van der Waals surface area contributed by atoms with Crippen LogP contribution in [0.3, 0.4) is 0 Å². The predicted molar refractivity (Wildman–Crippen MR) is 39.8 cm³/mol. The van der Waals surface area contributed by atoms with Gasteiger partial charge in [-0.2, -0.15) is 0 Å². The Bertz CT molecular complexity index is 106. The standard InChI is InChI=1S/C8H16O2/c1-7(2)3-4-8(5-9)6-10-8/h7,9H,3-6H2,1-2H3. The quantitative estimate of drug-likeness (QED) is 0.601. The number of hydrogen-bond donors (Lipinski definition) is 1. The van der Waals surface area contributed by atoms with E-state index >= 15 is 0 Å². The van der Waals surface area contributed by atoms with Gasteiger partial charge in [0, 0.05) is 0 Å². The van der Waals surface area contributed by atoms with Crippen LogP contribution in [-0.4, -0.2) is 23.9 Å². The van der Waals surface area contributed by atoms with Gasteiger partial charge in [0.25, 0.3) is 0 Å². The lowest BCUT2D eigenvalue weighted by molar-refractivity contribution is 0.158. The fourth-order valence-corrected chi connectivity index (χ4v) is 0.968. The Kier molecular flexibility index (Phi) is 2.32. The molecule has 0 saturated carbocycles. The second kappa shape index (κ2) is 2.89. The van der Waals surface area contributed by atoms with Crippen molar-refractivity contribution in [2.24, 2.45) is 5.92 Å². The molecular weight excluding hydrogens is 128 g/mol. The number of epoxide rings is 1. The first-order valence-corrected chi connectivity index (χ1v) is 3.93. The molecule has 1 N–H and O–H groups in total. The number of rotatable bonds is 4. The Morgan fingerprint density at radius 1 is 1.60 bits per heavy atom. The highest BCUT2D eigenvalue weighted by molar-refractivity contribution is 4.91. The second-order valence-corrected chi connectivity index (χ2v) is 3.56. The van der Waals surface area contributed by atoms with Crippen LogP contribution in [0.15, 0.2) is 0 Å². The molecule has 2 heteroatoms. The highest BCUT2D eigenvalue weighted by atomic mass is 16.6. The zero-order chi connectivity index (χ0) is 7.61. The van der Waals surface area contributed by atoms with Crippen LogP contribution in [0.5, 0.6) is 0 Å². The van der Waals surface area contributed by atoms with Gasteiger partial charge in [0.1, 0.15) is 5.60 Å². The first-order chi connectivity index (χ1) is 4.68. The summed E-state index contributed by atoms with van der Waals surface area (Å²) in [6, 6.07) is 0. The second-order valence-electron chi connectivity index (χ2n) is 3.56. The van der Waals surface area contributed by atoms with Crippen molar-refractivity contribution in [1.82, 2.24) is 0 Å². The molecule has 1 heterocycles. The van der Waals surface area contributed by atoms with E-state index in [1.165, 1.54) is 0 Å². The Hall–Kier alpha value is -0.0800. The van der Waals surface area contributed by atoms with Gasteiger partial charge in [-0.25, -0.2) is 0 Å². The van der Waals surface area contributed by atoms with Crippen LogP contribution >= 0.6 is 0 Å². The fourth-order valence-electron chi connectivity index (χ4n) is 0.968. The van der Waals surface area contributed by atoms with Crippen LogP contribution in [-0.2, 0) is 4.74 Å². The van der Waals surface area contributed by atoms with Crippen molar-refractivity contribution in [3.63, 3.8) is 0 Å². The van der Waals surface area contributed by atoms with Crippen molar-refractivity contribution in [2.45, 2.75) is 32.3 Å². The molecule has 0 spiro atoms. The van der Waals surface area contributed by atoms with E-state index in [9.17, 15) is 0 Å². The van der Waals surface area contributed by atoms with Gasteiger partial charge >= 0.3 is 0 Å². The molecule has 0 aromatic heterocycles. The molecule has 1 aliphatic rings. The Labute approximate surface area is 62.2 Å². The summed E-state index contributed by atoms with van der Waals surface area (Å²) in [5.41, 5.74) is -0.121. The summed E-state index contributed by atoms with van der Waals surface area (Å²) in [5, 5.41) is 8.84. The van der Waals surface area contributed by atoms with E-state index < -0.39 is 0 Å². The summed E-state index contributed by atoms with van der Waals surface area (Å²) in [6.07, 6.45) is 2.17. The van der Waals surface area contributed by atoms with Gasteiger partial charge < -0.3 is 9.84 Å². The average Bonchev–Trinajstić information content (AvgIpc) is 2.64. The minimum atomic E-state index is -0.121. The van der Waals surface area contributed by atoms with Crippen molar-refractivity contribution in [3.8, 4) is 0 Å². The van der Waals surface area contributed by atoms with Crippen LogP contribution in [0.4, 0.5) is 0 Å². The predicted octanol–water partition coefficient (Wildman–Crippen LogP) is 1.18. The van der Waals surface area contributed by atoms with E-state index in [1.807, 2.05) is 0 Å². The molecule has 1 aliphatic heterocycles. The largest absolute Gasteiger partial charge is 0.393 e. The highest BCUT2D eigenvalue weighted by Gasteiger charge is 2.43. The molecule has 0 aliphatic carbocycles. The molecule has 60 valence electrons. The first kappa shape index (κ1) is 8.02. The van der Waals surface area contributed by atoms with Crippen molar-refractivity contribution in [1.29, 1.82) is 0 Å². The summed E-state index contributed by atoms with van der Waals surface area (Å²) in [7, 11) is 0. The molecule has 0 aromatic rings. The van der Waals surface area contributed by atoms with Gasteiger partial charge in [-0.1, -0.05) is 13.8 Å².